The molecule has 0 aliphatic heterocycles. The summed E-state index contributed by atoms with van der Waals surface area (Å²) in [7, 11) is 0. The number of furan rings is 1. The summed E-state index contributed by atoms with van der Waals surface area (Å²) < 4.78 is 5.68. The molecule has 1 amide bonds. The summed E-state index contributed by atoms with van der Waals surface area (Å²) in [5, 5.41) is 12.4. The van der Waals surface area contributed by atoms with E-state index in [4.69, 9.17) is 16.0 Å². The van der Waals surface area contributed by atoms with Gasteiger partial charge in [-0.3, -0.25) is 4.79 Å². The van der Waals surface area contributed by atoms with E-state index in [1.807, 2.05) is 30.9 Å². The van der Waals surface area contributed by atoms with Crippen LogP contribution in [0.2, 0.25) is 5.02 Å². The van der Waals surface area contributed by atoms with Crippen LogP contribution in [-0.2, 0) is 4.79 Å². The van der Waals surface area contributed by atoms with Crippen molar-refractivity contribution < 1.29 is 9.21 Å². The first-order chi connectivity index (χ1) is 11.6. The summed E-state index contributed by atoms with van der Waals surface area (Å²) in [6.45, 7) is 5.68. The molecule has 6 heteroatoms. The Morgan fingerprint density at radius 1 is 1.33 bits per heavy atom. The lowest BCUT2D eigenvalue weighted by atomic mass is 10.2. The van der Waals surface area contributed by atoms with Crippen LogP contribution < -0.4 is 10.2 Å². The van der Waals surface area contributed by atoms with E-state index in [2.05, 4.69) is 5.32 Å². The van der Waals surface area contributed by atoms with Crippen molar-refractivity contribution in [3.8, 4) is 6.07 Å². The monoisotopic (exact) mass is 343 g/mol. The normalized spacial score (nSPS) is 11.0. The van der Waals surface area contributed by atoms with E-state index in [1.165, 1.54) is 6.08 Å². The maximum absolute atomic E-state index is 12.2. The second kappa shape index (κ2) is 8.23. The molecule has 0 aliphatic carbocycles. The van der Waals surface area contributed by atoms with Gasteiger partial charge in [0.2, 0.25) is 0 Å². The van der Waals surface area contributed by atoms with Gasteiger partial charge in [0.15, 0.2) is 5.88 Å². The Bertz CT molecular complexity index is 786. The third kappa shape index (κ3) is 4.40. The molecule has 0 aliphatic rings. The van der Waals surface area contributed by atoms with E-state index in [0.29, 0.717) is 22.4 Å². The van der Waals surface area contributed by atoms with E-state index in [9.17, 15) is 10.1 Å². The standard InChI is InChI=1S/C18H18ClN3O2/c1-3-22(4-2)17-9-8-16(24-17)10-13(12-20)18(23)21-15-7-5-6-14(19)11-15/h5-11H,3-4H2,1-2H3,(H,21,23). The molecular formula is C18H18ClN3O2. The Kier molecular flexibility index (Phi) is 6.05. The molecule has 5 nitrogen and oxygen atoms in total. The van der Waals surface area contributed by atoms with Gasteiger partial charge in [0.05, 0.1) is 0 Å². The van der Waals surface area contributed by atoms with Crippen molar-refractivity contribution in [2.45, 2.75) is 13.8 Å². The van der Waals surface area contributed by atoms with Gasteiger partial charge < -0.3 is 14.6 Å². The summed E-state index contributed by atoms with van der Waals surface area (Å²) in [5.74, 6) is 0.647. The molecule has 0 saturated heterocycles. The van der Waals surface area contributed by atoms with Crippen molar-refractivity contribution in [1.82, 2.24) is 0 Å². The number of nitrogens with zero attached hydrogens (tertiary/aromatic N) is 2. The zero-order valence-electron chi connectivity index (χ0n) is 13.5. The fourth-order valence-electron chi connectivity index (χ4n) is 2.18. The van der Waals surface area contributed by atoms with Gasteiger partial charge in [-0.2, -0.15) is 5.26 Å². The average molecular weight is 344 g/mol. The molecule has 0 unspecified atom stereocenters. The minimum atomic E-state index is -0.513. The highest BCUT2D eigenvalue weighted by Gasteiger charge is 2.12. The zero-order valence-corrected chi connectivity index (χ0v) is 14.3. The van der Waals surface area contributed by atoms with E-state index < -0.39 is 5.91 Å². The van der Waals surface area contributed by atoms with Crippen LogP contribution in [0.4, 0.5) is 11.6 Å². The minimum Gasteiger partial charge on any atom is -0.441 e. The molecule has 124 valence electrons. The van der Waals surface area contributed by atoms with Gasteiger partial charge in [-0.25, -0.2) is 0 Å². The predicted octanol–water partition coefficient (Wildman–Crippen LogP) is 4.32. The first-order valence-electron chi connectivity index (χ1n) is 7.60. The summed E-state index contributed by atoms with van der Waals surface area (Å²) in [5.41, 5.74) is 0.479. The third-order valence-electron chi connectivity index (χ3n) is 3.42. The summed E-state index contributed by atoms with van der Waals surface area (Å²) in [4.78, 5) is 14.3. The van der Waals surface area contributed by atoms with Gasteiger partial charge in [-0.1, -0.05) is 17.7 Å². The summed E-state index contributed by atoms with van der Waals surface area (Å²) >= 11 is 5.88. The van der Waals surface area contributed by atoms with Crippen LogP contribution in [0.3, 0.4) is 0 Å². The number of anilines is 2. The smallest absolute Gasteiger partial charge is 0.266 e. The van der Waals surface area contributed by atoms with Crippen LogP contribution in [-0.4, -0.2) is 19.0 Å². The largest absolute Gasteiger partial charge is 0.441 e. The van der Waals surface area contributed by atoms with Gasteiger partial charge in [-0.05, 0) is 38.1 Å². The van der Waals surface area contributed by atoms with E-state index in [-0.39, 0.29) is 5.57 Å². The quantitative estimate of drug-likeness (QED) is 0.626. The maximum atomic E-state index is 12.2. The van der Waals surface area contributed by atoms with Crippen molar-refractivity contribution in [3.63, 3.8) is 0 Å². The number of nitrogens with one attached hydrogen (secondary N) is 1. The fraction of sp³-hybridized carbons (Fsp3) is 0.222. The van der Waals surface area contributed by atoms with E-state index in [0.717, 1.165) is 13.1 Å². The number of halogens is 1. The van der Waals surface area contributed by atoms with Gasteiger partial charge in [0.1, 0.15) is 17.4 Å². The molecule has 1 aromatic heterocycles. The molecule has 1 N–H and O–H groups in total. The van der Waals surface area contributed by atoms with Gasteiger partial charge in [-0.15, -0.1) is 0 Å². The van der Waals surface area contributed by atoms with Crippen LogP contribution in [0.15, 0.2) is 46.4 Å². The molecule has 0 radical (unpaired) electrons. The van der Waals surface area contributed by atoms with Gasteiger partial charge in [0.25, 0.3) is 5.91 Å². The lowest BCUT2D eigenvalue weighted by Crippen LogP contribution is -2.20. The Labute approximate surface area is 146 Å². The zero-order chi connectivity index (χ0) is 17.5. The lowest BCUT2D eigenvalue weighted by Gasteiger charge is -2.16. The first-order valence-corrected chi connectivity index (χ1v) is 7.98. The first kappa shape index (κ1) is 17.6. The number of carbonyl (C=O) groups excluding carboxylic acids is 1. The SMILES string of the molecule is CCN(CC)c1ccc(C=C(C#N)C(=O)Nc2cccc(Cl)c2)o1. The number of hydrogen-bond donors (Lipinski definition) is 1. The van der Waals surface area contributed by atoms with Crippen LogP contribution in [0.1, 0.15) is 19.6 Å². The molecule has 0 bridgehead atoms. The van der Waals surface area contributed by atoms with E-state index >= 15 is 0 Å². The van der Waals surface area contributed by atoms with Crippen LogP contribution in [0.25, 0.3) is 6.08 Å². The number of hydrogen-bond acceptors (Lipinski definition) is 4. The van der Waals surface area contributed by atoms with Crippen molar-refractivity contribution in [2.75, 3.05) is 23.3 Å². The number of benzene rings is 1. The highest BCUT2D eigenvalue weighted by atomic mass is 35.5. The van der Waals surface area contributed by atoms with Crippen molar-refractivity contribution in [2.24, 2.45) is 0 Å². The maximum Gasteiger partial charge on any atom is 0.266 e. The third-order valence-corrected chi connectivity index (χ3v) is 3.66. The second-order valence-corrected chi connectivity index (χ2v) is 5.42. The van der Waals surface area contributed by atoms with Gasteiger partial charge in [0, 0.05) is 35.9 Å². The molecule has 1 aromatic carbocycles. The molecule has 0 spiro atoms. The van der Waals surface area contributed by atoms with Crippen LogP contribution in [0.5, 0.6) is 0 Å². The van der Waals surface area contributed by atoms with Crippen LogP contribution >= 0.6 is 11.6 Å². The summed E-state index contributed by atoms with van der Waals surface area (Å²) in [6, 6.07) is 12.2. The number of carbonyl (C=O) groups is 1. The molecule has 0 fully saturated rings. The topological polar surface area (TPSA) is 69.3 Å². The molecule has 0 saturated carbocycles. The fourth-order valence-corrected chi connectivity index (χ4v) is 2.37. The highest BCUT2D eigenvalue weighted by Crippen LogP contribution is 2.21. The van der Waals surface area contributed by atoms with Gasteiger partial charge >= 0.3 is 0 Å². The number of rotatable bonds is 6. The molecule has 2 aromatic rings. The molecule has 2 rings (SSSR count). The highest BCUT2D eigenvalue weighted by molar-refractivity contribution is 6.31. The summed E-state index contributed by atoms with van der Waals surface area (Å²) in [6.07, 6.45) is 1.42. The van der Waals surface area contributed by atoms with Crippen molar-refractivity contribution in [1.29, 1.82) is 5.26 Å². The Balaban J connectivity index is 2.17. The van der Waals surface area contributed by atoms with Crippen molar-refractivity contribution in [3.05, 3.63) is 52.8 Å². The Morgan fingerprint density at radius 3 is 2.71 bits per heavy atom. The molecule has 0 atom stereocenters. The average Bonchev–Trinajstić information content (AvgIpc) is 3.02. The van der Waals surface area contributed by atoms with E-state index in [1.54, 1.807) is 30.3 Å². The minimum absolute atomic E-state index is 0.0459. The van der Waals surface area contributed by atoms with Crippen molar-refractivity contribution >= 4 is 35.2 Å². The number of amides is 1. The second-order valence-electron chi connectivity index (χ2n) is 4.98. The Hall–Kier alpha value is -2.71. The lowest BCUT2D eigenvalue weighted by molar-refractivity contribution is -0.112. The number of nitriles is 1. The predicted molar refractivity (Wildman–Crippen MR) is 95.9 cm³/mol. The Morgan fingerprint density at radius 2 is 2.08 bits per heavy atom. The molecule has 24 heavy (non-hydrogen) atoms. The molecular weight excluding hydrogens is 326 g/mol. The van der Waals surface area contributed by atoms with Crippen LogP contribution in [0, 0.1) is 11.3 Å². The molecule has 1 heterocycles.